The highest BCUT2D eigenvalue weighted by atomic mass is 32.1. The number of nitrogens with one attached hydrogen (secondary N) is 1. The van der Waals surface area contributed by atoms with Crippen molar-refractivity contribution in [2.45, 2.75) is 46.3 Å². The molecule has 1 fully saturated rings. The number of piperidine rings is 1. The van der Waals surface area contributed by atoms with Gasteiger partial charge in [-0.2, -0.15) is 0 Å². The van der Waals surface area contributed by atoms with Gasteiger partial charge in [-0.25, -0.2) is 0 Å². The molecule has 2 heterocycles. The van der Waals surface area contributed by atoms with Crippen LogP contribution in [0, 0.1) is 20.8 Å². The highest BCUT2D eigenvalue weighted by Gasteiger charge is 2.20. The van der Waals surface area contributed by atoms with Crippen LogP contribution in [0.1, 0.15) is 44.8 Å². The van der Waals surface area contributed by atoms with Crippen molar-refractivity contribution in [2.24, 2.45) is 0 Å². The molecule has 0 spiro atoms. The minimum absolute atomic E-state index is 0.0403. The Hall–Kier alpha value is -1.85. The van der Waals surface area contributed by atoms with Crippen molar-refractivity contribution in [3.8, 4) is 5.75 Å². The molecule has 0 radical (unpaired) electrons. The molecule has 1 aliphatic rings. The van der Waals surface area contributed by atoms with Gasteiger partial charge < -0.3 is 15.0 Å². The zero-order valence-corrected chi connectivity index (χ0v) is 16.9. The van der Waals surface area contributed by atoms with Crippen LogP contribution in [0.4, 0.5) is 0 Å². The molecule has 1 N–H and O–H groups in total. The maximum atomic E-state index is 12.5. The van der Waals surface area contributed by atoms with Crippen LogP contribution in [0.25, 0.3) is 0 Å². The van der Waals surface area contributed by atoms with Crippen molar-refractivity contribution >= 4 is 17.2 Å². The van der Waals surface area contributed by atoms with Gasteiger partial charge in [-0.05, 0) is 76.3 Å². The van der Waals surface area contributed by atoms with E-state index in [0.29, 0.717) is 12.6 Å². The number of thiophene rings is 1. The van der Waals surface area contributed by atoms with E-state index in [0.717, 1.165) is 53.2 Å². The summed E-state index contributed by atoms with van der Waals surface area (Å²) in [5, 5.41) is 5.19. The molecule has 5 heteroatoms. The number of hydrogen-bond donors (Lipinski definition) is 1. The fraction of sp³-hybridized carbons (Fsp3) is 0.476. The summed E-state index contributed by atoms with van der Waals surface area (Å²) in [4.78, 5) is 15.5. The average molecular weight is 373 g/mol. The molecule has 0 saturated carbocycles. The van der Waals surface area contributed by atoms with Crippen LogP contribution in [-0.2, 0) is 6.61 Å². The van der Waals surface area contributed by atoms with E-state index in [-0.39, 0.29) is 5.91 Å². The number of aryl methyl sites for hydroxylation is 3. The molecule has 2 aromatic rings. The summed E-state index contributed by atoms with van der Waals surface area (Å²) >= 11 is 1.49. The summed E-state index contributed by atoms with van der Waals surface area (Å²) in [7, 11) is 2.13. The third-order valence-corrected chi connectivity index (χ3v) is 5.90. The Kier molecular flexibility index (Phi) is 5.99. The van der Waals surface area contributed by atoms with Crippen LogP contribution >= 0.6 is 11.3 Å². The third-order valence-electron chi connectivity index (χ3n) is 4.92. The number of hydrogen-bond acceptors (Lipinski definition) is 4. The Morgan fingerprint density at radius 2 is 1.85 bits per heavy atom. The zero-order valence-electron chi connectivity index (χ0n) is 16.1. The minimum Gasteiger partial charge on any atom is -0.488 e. The monoisotopic (exact) mass is 372 g/mol. The molecule has 1 amide bonds. The highest BCUT2D eigenvalue weighted by molar-refractivity contribution is 7.12. The second kappa shape index (κ2) is 8.23. The van der Waals surface area contributed by atoms with Crippen molar-refractivity contribution in [1.29, 1.82) is 0 Å². The van der Waals surface area contributed by atoms with E-state index in [2.05, 4.69) is 50.2 Å². The Morgan fingerprint density at radius 1 is 1.19 bits per heavy atom. The molecule has 1 aromatic carbocycles. The van der Waals surface area contributed by atoms with Crippen molar-refractivity contribution < 1.29 is 9.53 Å². The molecule has 1 aromatic heterocycles. The molecular formula is C21H28N2O2S. The third kappa shape index (κ3) is 4.65. The van der Waals surface area contributed by atoms with Crippen LogP contribution in [0.2, 0.25) is 0 Å². The van der Waals surface area contributed by atoms with Crippen LogP contribution in [0.3, 0.4) is 0 Å². The van der Waals surface area contributed by atoms with E-state index in [1.165, 1.54) is 16.9 Å². The Bertz CT molecular complexity index is 753. The quantitative estimate of drug-likeness (QED) is 0.860. The SMILES string of the molecule is Cc1cc(C)c(OCc2csc(C(=O)NC3CCN(C)CC3)c2)c(C)c1. The number of ether oxygens (including phenoxy) is 1. The summed E-state index contributed by atoms with van der Waals surface area (Å²) in [6.45, 7) is 8.82. The van der Waals surface area contributed by atoms with E-state index in [9.17, 15) is 4.79 Å². The number of carbonyl (C=O) groups excluding carboxylic acids is 1. The Morgan fingerprint density at radius 3 is 2.50 bits per heavy atom. The maximum Gasteiger partial charge on any atom is 0.261 e. The molecule has 140 valence electrons. The first kappa shape index (κ1) is 18.9. The Balaban J connectivity index is 1.57. The topological polar surface area (TPSA) is 41.6 Å². The lowest BCUT2D eigenvalue weighted by Crippen LogP contribution is -2.43. The van der Waals surface area contributed by atoms with Gasteiger partial charge in [-0.1, -0.05) is 17.7 Å². The van der Waals surface area contributed by atoms with Crippen molar-refractivity contribution in [1.82, 2.24) is 10.2 Å². The predicted molar refractivity (Wildman–Crippen MR) is 107 cm³/mol. The minimum atomic E-state index is 0.0403. The molecule has 26 heavy (non-hydrogen) atoms. The van der Waals surface area contributed by atoms with Gasteiger partial charge >= 0.3 is 0 Å². The standard InChI is InChI=1S/C21H28N2O2S/c1-14-9-15(2)20(16(3)10-14)25-12-17-11-19(26-13-17)21(24)22-18-5-7-23(4)8-6-18/h9-11,13,18H,5-8,12H2,1-4H3,(H,22,24). The number of rotatable bonds is 5. The highest BCUT2D eigenvalue weighted by Crippen LogP contribution is 2.26. The summed E-state index contributed by atoms with van der Waals surface area (Å²) in [6.07, 6.45) is 2.05. The lowest BCUT2D eigenvalue weighted by atomic mass is 10.1. The molecule has 0 unspecified atom stereocenters. The molecular weight excluding hydrogens is 344 g/mol. The first-order valence-corrected chi connectivity index (χ1v) is 10.1. The smallest absolute Gasteiger partial charge is 0.261 e. The zero-order chi connectivity index (χ0) is 18.7. The van der Waals surface area contributed by atoms with E-state index >= 15 is 0 Å². The average Bonchev–Trinajstić information content (AvgIpc) is 3.05. The van der Waals surface area contributed by atoms with Gasteiger partial charge in [-0.3, -0.25) is 4.79 Å². The van der Waals surface area contributed by atoms with Gasteiger partial charge in [0.25, 0.3) is 5.91 Å². The molecule has 1 saturated heterocycles. The second-order valence-corrected chi connectivity index (χ2v) is 8.30. The number of amides is 1. The maximum absolute atomic E-state index is 12.5. The van der Waals surface area contributed by atoms with Gasteiger partial charge in [0.05, 0.1) is 4.88 Å². The first-order chi connectivity index (χ1) is 12.4. The lowest BCUT2D eigenvalue weighted by Gasteiger charge is -2.29. The summed E-state index contributed by atoms with van der Waals surface area (Å²) < 4.78 is 6.03. The number of carbonyl (C=O) groups is 1. The molecule has 4 nitrogen and oxygen atoms in total. The number of nitrogens with zero attached hydrogens (tertiary/aromatic N) is 1. The van der Waals surface area contributed by atoms with E-state index < -0.39 is 0 Å². The van der Waals surface area contributed by atoms with Crippen molar-refractivity contribution in [3.05, 3.63) is 50.7 Å². The largest absolute Gasteiger partial charge is 0.488 e. The predicted octanol–water partition coefficient (Wildman–Crippen LogP) is 4.08. The lowest BCUT2D eigenvalue weighted by molar-refractivity contribution is 0.0921. The van der Waals surface area contributed by atoms with Crippen LogP contribution < -0.4 is 10.1 Å². The fourth-order valence-electron chi connectivity index (χ4n) is 3.53. The molecule has 0 atom stereocenters. The van der Waals surface area contributed by atoms with Crippen LogP contribution in [0.5, 0.6) is 5.75 Å². The van der Waals surface area contributed by atoms with Crippen molar-refractivity contribution in [2.75, 3.05) is 20.1 Å². The van der Waals surface area contributed by atoms with Gasteiger partial charge in [0, 0.05) is 11.6 Å². The fourth-order valence-corrected chi connectivity index (χ4v) is 4.33. The van der Waals surface area contributed by atoms with Gasteiger partial charge in [0.15, 0.2) is 0 Å². The molecule has 1 aliphatic heterocycles. The molecule has 0 aliphatic carbocycles. The normalized spacial score (nSPS) is 15.8. The summed E-state index contributed by atoms with van der Waals surface area (Å²) in [5.74, 6) is 0.984. The van der Waals surface area contributed by atoms with E-state index in [1.54, 1.807) is 0 Å². The molecule has 3 rings (SSSR count). The first-order valence-electron chi connectivity index (χ1n) is 9.20. The number of likely N-dealkylation sites (tertiary alicyclic amines) is 1. The van der Waals surface area contributed by atoms with Crippen LogP contribution in [-0.4, -0.2) is 37.0 Å². The second-order valence-electron chi connectivity index (χ2n) is 7.39. The van der Waals surface area contributed by atoms with Gasteiger partial charge in [-0.15, -0.1) is 11.3 Å². The van der Waals surface area contributed by atoms with Gasteiger partial charge in [0.1, 0.15) is 12.4 Å². The van der Waals surface area contributed by atoms with Crippen LogP contribution in [0.15, 0.2) is 23.6 Å². The molecule has 0 bridgehead atoms. The summed E-state index contributed by atoms with van der Waals surface area (Å²) in [5.41, 5.74) is 4.59. The van der Waals surface area contributed by atoms with E-state index in [1.807, 2.05) is 11.4 Å². The Labute approximate surface area is 160 Å². The van der Waals surface area contributed by atoms with E-state index in [4.69, 9.17) is 4.74 Å². The number of benzene rings is 1. The van der Waals surface area contributed by atoms with Crippen molar-refractivity contribution in [3.63, 3.8) is 0 Å². The summed E-state index contributed by atoms with van der Waals surface area (Å²) in [6, 6.07) is 6.51. The van der Waals surface area contributed by atoms with Gasteiger partial charge in [0.2, 0.25) is 0 Å².